The molecule has 0 fully saturated rings. The number of carbonyl (C=O) groups excluding carboxylic acids is 2. The van der Waals surface area contributed by atoms with E-state index in [1.165, 1.54) is 6.07 Å². The predicted molar refractivity (Wildman–Crippen MR) is 97.3 cm³/mol. The van der Waals surface area contributed by atoms with Crippen molar-refractivity contribution in [3.05, 3.63) is 64.3 Å². The number of benzene rings is 2. The first-order chi connectivity index (χ1) is 11.9. The smallest absolute Gasteiger partial charge is 0.262 e. The van der Waals surface area contributed by atoms with Gasteiger partial charge in [-0.3, -0.25) is 14.2 Å². The fourth-order valence-electron chi connectivity index (χ4n) is 2.93. The SMILES string of the molecule is CNC(=O)Cc1c(C)n(C(=O)c2ccc(Cl)cc2)c2ccc(O)cc12. The number of hydrogen-bond donors (Lipinski definition) is 2. The van der Waals surface area contributed by atoms with Crippen LogP contribution in [0.1, 0.15) is 21.6 Å². The van der Waals surface area contributed by atoms with Gasteiger partial charge in [-0.1, -0.05) is 11.6 Å². The Kier molecular flexibility index (Phi) is 4.51. The fourth-order valence-corrected chi connectivity index (χ4v) is 3.05. The van der Waals surface area contributed by atoms with Crippen LogP contribution in [0.25, 0.3) is 10.9 Å². The summed E-state index contributed by atoms with van der Waals surface area (Å²) in [5, 5.41) is 13.6. The molecule has 128 valence electrons. The van der Waals surface area contributed by atoms with Crippen LogP contribution in [0.4, 0.5) is 0 Å². The zero-order chi connectivity index (χ0) is 18.1. The third kappa shape index (κ3) is 3.10. The highest BCUT2D eigenvalue weighted by atomic mass is 35.5. The standard InChI is InChI=1S/C19H17ClN2O3/c1-11-15(10-18(24)21-2)16-9-14(23)7-8-17(16)22(11)19(25)12-3-5-13(20)6-4-12/h3-9,23H,10H2,1-2H3,(H,21,24). The molecule has 0 saturated carbocycles. The van der Waals surface area contributed by atoms with E-state index in [1.807, 2.05) is 0 Å². The number of phenolic OH excluding ortho intramolecular Hbond substituents is 1. The van der Waals surface area contributed by atoms with Gasteiger partial charge in [0.05, 0.1) is 11.9 Å². The van der Waals surface area contributed by atoms with Crippen LogP contribution in [-0.2, 0) is 11.2 Å². The number of nitrogens with one attached hydrogen (secondary N) is 1. The largest absolute Gasteiger partial charge is 0.508 e. The van der Waals surface area contributed by atoms with E-state index >= 15 is 0 Å². The van der Waals surface area contributed by atoms with Crippen LogP contribution in [0, 0.1) is 6.92 Å². The van der Waals surface area contributed by atoms with Crippen molar-refractivity contribution < 1.29 is 14.7 Å². The number of likely N-dealkylation sites (N-methyl/N-ethyl adjacent to an activating group) is 1. The lowest BCUT2D eigenvalue weighted by Gasteiger charge is -2.08. The van der Waals surface area contributed by atoms with Gasteiger partial charge in [-0.25, -0.2) is 0 Å². The van der Waals surface area contributed by atoms with E-state index in [0.717, 1.165) is 0 Å². The number of phenols is 1. The molecule has 0 aliphatic carbocycles. The zero-order valence-corrected chi connectivity index (χ0v) is 14.6. The normalized spacial score (nSPS) is 10.8. The average molecular weight is 357 g/mol. The molecule has 0 saturated heterocycles. The van der Waals surface area contributed by atoms with Crippen molar-refractivity contribution in [3.8, 4) is 5.75 Å². The molecule has 3 rings (SSSR count). The van der Waals surface area contributed by atoms with Crippen molar-refractivity contribution in [2.45, 2.75) is 13.3 Å². The molecular weight excluding hydrogens is 340 g/mol. The topological polar surface area (TPSA) is 71.3 Å². The molecule has 6 heteroatoms. The van der Waals surface area contributed by atoms with Crippen molar-refractivity contribution in [2.24, 2.45) is 0 Å². The molecular formula is C19H17ClN2O3. The van der Waals surface area contributed by atoms with Gasteiger partial charge in [0.25, 0.3) is 5.91 Å². The van der Waals surface area contributed by atoms with Gasteiger partial charge < -0.3 is 10.4 Å². The molecule has 0 spiro atoms. The summed E-state index contributed by atoms with van der Waals surface area (Å²) in [6, 6.07) is 11.4. The Morgan fingerprint density at radius 3 is 2.48 bits per heavy atom. The third-order valence-corrected chi connectivity index (χ3v) is 4.48. The van der Waals surface area contributed by atoms with Crippen molar-refractivity contribution in [1.29, 1.82) is 0 Å². The minimum absolute atomic E-state index is 0.0850. The zero-order valence-electron chi connectivity index (χ0n) is 13.8. The Morgan fingerprint density at radius 1 is 1.16 bits per heavy atom. The molecule has 1 heterocycles. The van der Waals surface area contributed by atoms with E-state index < -0.39 is 0 Å². The number of amides is 1. The quantitative estimate of drug-likeness (QED) is 0.756. The predicted octanol–water partition coefficient (Wildman–Crippen LogP) is 3.29. The second-order valence-corrected chi connectivity index (χ2v) is 6.20. The second kappa shape index (κ2) is 6.61. The maximum Gasteiger partial charge on any atom is 0.262 e. The van der Waals surface area contributed by atoms with Crippen molar-refractivity contribution >= 4 is 34.3 Å². The Balaban J connectivity index is 2.21. The van der Waals surface area contributed by atoms with Crippen LogP contribution < -0.4 is 5.32 Å². The van der Waals surface area contributed by atoms with Crippen LogP contribution in [-0.4, -0.2) is 28.5 Å². The van der Waals surface area contributed by atoms with E-state index in [1.54, 1.807) is 54.9 Å². The van der Waals surface area contributed by atoms with Gasteiger partial charge >= 0.3 is 0 Å². The first-order valence-electron chi connectivity index (χ1n) is 7.76. The van der Waals surface area contributed by atoms with Gasteiger partial charge in [-0.05, 0) is 55.0 Å². The molecule has 0 bridgehead atoms. The Bertz CT molecular complexity index is 974. The van der Waals surface area contributed by atoms with Crippen LogP contribution in [0.2, 0.25) is 5.02 Å². The van der Waals surface area contributed by atoms with Crippen molar-refractivity contribution in [1.82, 2.24) is 9.88 Å². The van der Waals surface area contributed by atoms with Crippen molar-refractivity contribution in [2.75, 3.05) is 7.05 Å². The highest BCUT2D eigenvalue weighted by Crippen LogP contribution is 2.30. The molecule has 0 radical (unpaired) electrons. The number of carbonyl (C=O) groups is 2. The molecule has 2 aromatic carbocycles. The van der Waals surface area contributed by atoms with E-state index in [-0.39, 0.29) is 24.0 Å². The molecule has 3 aromatic rings. The minimum Gasteiger partial charge on any atom is -0.508 e. The molecule has 1 aromatic heterocycles. The molecule has 25 heavy (non-hydrogen) atoms. The molecule has 5 nitrogen and oxygen atoms in total. The van der Waals surface area contributed by atoms with Crippen LogP contribution >= 0.6 is 11.6 Å². The van der Waals surface area contributed by atoms with Gasteiger partial charge in [0.2, 0.25) is 5.91 Å². The number of rotatable bonds is 3. The average Bonchev–Trinajstić information content (AvgIpc) is 2.86. The lowest BCUT2D eigenvalue weighted by Crippen LogP contribution is -2.20. The first kappa shape index (κ1) is 17.0. The molecule has 0 aliphatic heterocycles. The first-order valence-corrected chi connectivity index (χ1v) is 8.14. The summed E-state index contributed by atoms with van der Waals surface area (Å²) in [6.45, 7) is 1.79. The number of hydrogen-bond acceptors (Lipinski definition) is 3. The van der Waals surface area contributed by atoms with E-state index in [2.05, 4.69) is 5.32 Å². The maximum atomic E-state index is 13.0. The number of aromatic nitrogens is 1. The summed E-state index contributed by atoms with van der Waals surface area (Å²) in [6.07, 6.45) is 0.128. The summed E-state index contributed by atoms with van der Waals surface area (Å²) in [4.78, 5) is 24.9. The summed E-state index contributed by atoms with van der Waals surface area (Å²) in [7, 11) is 1.56. The summed E-state index contributed by atoms with van der Waals surface area (Å²) >= 11 is 5.89. The Morgan fingerprint density at radius 2 is 1.84 bits per heavy atom. The third-order valence-electron chi connectivity index (χ3n) is 4.23. The Labute approximate surface area is 149 Å². The lowest BCUT2D eigenvalue weighted by atomic mass is 10.1. The Hall–Kier alpha value is -2.79. The van der Waals surface area contributed by atoms with Gasteiger partial charge in [0.15, 0.2) is 0 Å². The molecule has 0 atom stereocenters. The number of aromatic hydroxyl groups is 1. The van der Waals surface area contributed by atoms with Crippen LogP contribution in [0.15, 0.2) is 42.5 Å². The molecule has 2 N–H and O–H groups in total. The molecule has 1 amide bonds. The minimum atomic E-state index is -0.215. The monoisotopic (exact) mass is 356 g/mol. The van der Waals surface area contributed by atoms with Gasteiger partial charge in [-0.15, -0.1) is 0 Å². The van der Waals surface area contributed by atoms with Gasteiger partial charge in [0, 0.05) is 28.7 Å². The van der Waals surface area contributed by atoms with Crippen LogP contribution in [0.5, 0.6) is 5.75 Å². The van der Waals surface area contributed by atoms with Gasteiger partial charge in [-0.2, -0.15) is 0 Å². The molecule has 0 unspecified atom stereocenters. The maximum absolute atomic E-state index is 13.0. The highest BCUT2D eigenvalue weighted by molar-refractivity contribution is 6.30. The number of nitrogens with zero attached hydrogens (tertiary/aromatic N) is 1. The van der Waals surface area contributed by atoms with E-state index in [4.69, 9.17) is 11.6 Å². The lowest BCUT2D eigenvalue weighted by molar-refractivity contribution is -0.119. The van der Waals surface area contributed by atoms with E-state index in [0.29, 0.717) is 32.7 Å². The highest BCUT2D eigenvalue weighted by Gasteiger charge is 2.21. The van der Waals surface area contributed by atoms with E-state index in [9.17, 15) is 14.7 Å². The summed E-state index contributed by atoms with van der Waals surface area (Å²) < 4.78 is 1.57. The molecule has 0 aliphatic rings. The fraction of sp³-hybridized carbons (Fsp3) is 0.158. The van der Waals surface area contributed by atoms with Crippen molar-refractivity contribution in [3.63, 3.8) is 0 Å². The number of halogens is 1. The summed E-state index contributed by atoms with van der Waals surface area (Å²) in [5.74, 6) is -0.292. The number of fused-ring (bicyclic) bond motifs is 1. The van der Waals surface area contributed by atoms with Crippen LogP contribution in [0.3, 0.4) is 0 Å². The summed E-state index contributed by atoms with van der Waals surface area (Å²) in [5.41, 5.74) is 2.52. The second-order valence-electron chi connectivity index (χ2n) is 5.76. The van der Waals surface area contributed by atoms with Gasteiger partial charge in [0.1, 0.15) is 5.75 Å².